The van der Waals surface area contributed by atoms with E-state index < -0.39 is 21.7 Å². The highest BCUT2D eigenvalue weighted by Crippen LogP contribution is 2.21. The predicted octanol–water partition coefficient (Wildman–Crippen LogP) is 0.922. The Morgan fingerprint density at radius 2 is 1.94 bits per heavy atom. The molecule has 1 amide bonds. The molecule has 2 heterocycles. The second kappa shape index (κ2) is 10.0. The molecule has 0 fully saturated rings. The van der Waals surface area contributed by atoms with Gasteiger partial charge >= 0.3 is 11.7 Å². The molecule has 0 saturated heterocycles. The van der Waals surface area contributed by atoms with Crippen LogP contribution < -0.4 is 16.1 Å². The van der Waals surface area contributed by atoms with Gasteiger partial charge in [-0.3, -0.25) is 9.29 Å². The number of nitrogens with zero attached hydrogens (tertiary/aromatic N) is 5. The number of fused-ring (bicyclic) bond motifs is 1. The monoisotopic (exact) mass is 477 g/mol. The number of ether oxygens (including phenoxy) is 1. The van der Waals surface area contributed by atoms with Crippen LogP contribution in [0.15, 0.2) is 35.1 Å². The molecule has 178 valence electrons. The molecule has 0 spiro atoms. The Balaban J connectivity index is 2.19. The van der Waals surface area contributed by atoms with Crippen LogP contribution in [-0.2, 0) is 21.3 Å². The number of nitrogens with two attached hydrogens (primary N) is 1. The lowest BCUT2D eigenvalue weighted by Crippen LogP contribution is -2.39. The number of carbonyl (C=O) groups excluding carboxylic acids is 1. The third-order valence-corrected chi connectivity index (χ3v) is 6.29. The molecule has 0 aliphatic heterocycles. The first kappa shape index (κ1) is 24.2. The number of rotatable bonds is 9. The molecule has 3 rings (SSSR count). The molecule has 13 heteroatoms. The minimum absolute atomic E-state index is 0.00337. The molecule has 2 aromatic heterocycles. The van der Waals surface area contributed by atoms with Crippen molar-refractivity contribution in [2.24, 2.45) is 0 Å². The molecule has 12 nitrogen and oxygen atoms in total. The van der Waals surface area contributed by atoms with Gasteiger partial charge in [0.25, 0.3) is 0 Å². The van der Waals surface area contributed by atoms with Crippen molar-refractivity contribution in [3.05, 3.63) is 46.4 Å². The summed E-state index contributed by atoms with van der Waals surface area (Å²) in [7, 11) is -0.670. The zero-order valence-electron chi connectivity index (χ0n) is 18.7. The molecule has 0 radical (unpaired) electrons. The van der Waals surface area contributed by atoms with E-state index in [-0.39, 0.29) is 48.4 Å². The third-order valence-electron chi connectivity index (χ3n) is 4.85. The van der Waals surface area contributed by atoms with Crippen molar-refractivity contribution in [1.29, 1.82) is 0 Å². The number of imidazole rings is 1. The van der Waals surface area contributed by atoms with Crippen molar-refractivity contribution < 1.29 is 17.9 Å². The van der Waals surface area contributed by atoms with E-state index in [1.807, 2.05) is 30.3 Å². The summed E-state index contributed by atoms with van der Waals surface area (Å²) < 4.78 is 33.9. The average Bonchev–Trinajstić information content (AvgIpc) is 3.03. The van der Waals surface area contributed by atoms with Gasteiger partial charge in [0.1, 0.15) is 5.52 Å². The van der Waals surface area contributed by atoms with Crippen LogP contribution in [0, 0.1) is 0 Å². The second-order valence-electron chi connectivity index (χ2n) is 7.41. The van der Waals surface area contributed by atoms with Gasteiger partial charge in [0.15, 0.2) is 11.5 Å². The van der Waals surface area contributed by atoms with Crippen LogP contribution in [0.3, 0.4) is 0 Å². The largest absolute Gasteiger partial charge is 0.383 e. The molecule has 0 aliphatic carbocycles. The van der Waals surface area contributed by atoms with Crippen molar-refractivity contribution in [3.8, 4) is 0 Å². The minimum Gasteiger partial charge on any atom is -0.383 e. The van der Waals surface area contributed by atoms with Gasteiger partial charge in [-0.2, -0.15) is 9.97 Å². The van der Waals surface area contributed by atoms with Crippen molar-refractivity contribution in [1.82, 2.24) is 24.0 Å². The van der Waals surface area contributed by atoms with Crippen LogP contribution >= 0.6 is 0 Å². The SMILES string of the molecule is CCCS(=O)(=O)Nc1nc(N)c2c(n1)n(Cc1ccccc1)c(=O)n2C(=O)N(C)CCOC. The quantitative estimate of drug-likeness (QED) is 0.461. The Morgan fingerprint density at radius 1 is 1.24 bits per heavy atom. The maximum absolute atomic E-state index is 13.3. The number of nitrogen functional groups attached to an aromatic ring is 1. The van der Waals surface area contributed by atoms with Crippen molar-refractivity contribution in [2.45, 2.75) is 19.9 Å². The van der Waals surface area contributed by atoms with Gasteiger partial charge in [0, 0.05) is 20.7 Å². The Morgan fingerprint density at radius 3 is 2.58 bits per heavy atom. The van der Waals surface area contributed by atoms with Gasteiger partial charge in [-0.15, -0.1) is 0 Å². The highest BCUT2D eigenvalue weighted by Gasteiger charge is 2.26. The lowest BCUT2D eigenvalue weighted by Gasteiger charge is -2.16. The van der Waals surface area contributed by atoms with E-state index in [9.17, 15) is 18.0 Å². The van der Waals surface area contributed by atoms with Crippen LogP contribution in [0.4, 0.5) is 16.6 Å². The standard InChI is InChI=1S/C20H27N7O5S/c1-4-12-33(30,31)24-18-22-16(21)15-17(23-18)26(13-14-8-6-5-7-9-14)20(29)27(15)19(28)25(2)10-11-32-3/h5-9H,4,10-13H2,1-3H3,(H3,21,22,23,24). The van der Waals surface area contributed by atoms with E-state index >= 15 is 0 Å². The highest BCUT2D eigenvalue weighted by molar-refractivity contribution is 7.92. The molecule has 0 aliphatic rings. The number of benzene rings is 1. The molecular weight excluding hydrogens is 450 g/mol. The zero-order chi connectivity index (χ0) is 24.2. The molecule has 33 heavy (non-hydrogen) atoms. The van der Waals surface area contributed by atoms with E-state index in [1.54, 1.807) is 6.92 Å². The van der Waals surface area contributed by atoms with Gasteiger partial charge in [0.05, 0.1) is 18.9 Å². The highest BCUT2D eigenvalue weighted by atomic mass is 32.2. The fraction of sp³-hybridized carbons (Fsp3) is 0.400. The number of carbonyl (C=O) groups is 1. The van der Waals surface area contributed by atoms with Crippen LogP contribution in [-0.4, -0.2) is 71.5 Å². The summed E-state index contributed by atoms with van der Waals surface area (Å²) >= 11 is 0. The molecule has 1 aromatic carbocycles. The summed E-state index contributed by atoms with van der Waals surface area (Å²) in [5.74, 6) is -0.603. The molecule has 0 unspecified atom stereocenters. The number of nitrogens with one attached hydrogen (secondary N) is 1. The lowest BCUT2D eigenvalue weighted by atomic mass is 10.2. The van der Waals surface area contributed by atoms with Crippen LogP contribution in [0.25, 0.3) is 11.2 Å². The lowest BCUT2D eigenvalue weighted by molar-refractivity contribution is 0.160. The van der Waals surface area contributed by atoms with E-state index in [0.29, 0.717) is 6.42 Å². The number of aromatic nitrogens is 4. The predicted molar refractivity (Wildman–Crippen MR) is 125 cm³/mol. The van der Waals surface area contributed by atoms with Gasteiger partial charge < -0.3 is 15.4 Å². The van der Waals surface area contributed by atoms with E-state index in [0.717, 1.165) is 10.1 Å². The van der Waals surface area contributed by atoms with Crippen molar-refractivity contribution >= 4 is 39.0 Å². The van der Waals surface area contributed by atoms with Gasteiger partial charge in [-0.25, -0.2) is 22.6 Å². The van der Waals surface area contributed by atoms with Gasteiger partial charge in [-0.1, -0.05) is 37.3 Å². The zero-order valence-corrected chi connectivity index (χ0v) is 19.5. The molecule has 0 saturated carbocycles. The minimum atomic E-state index is -3.70. The average molecular weight is 478 g/mol. The van der Waals surface area contributed by atoms with Crippen LogP contribution in [0.5, 0.6) is 0 Å². The molecular formula is C20H27N7O5S. The summed E-state index contributed by atoms with van der Waals surface area (Å²) in [6, 6.07) is 8.47. The first-order valence-electron chi connectivity index (χ1n) is 10.3. The molecule has 3 N–H and O–H groups in total. The smallest absolute Gasteiger partial charge is 0.339 e. The van der Waals surface area contributed by atoms with E-state index in [4.69, 9.17) is 10.5 Å². The van der Waals surface area contributed by atoms with Gasteiger partial charge in [-0.05, 0) is 12.0 Å². The normalized spacial score (nSPS) is 11.6. The number of likely N-dealkylation sites (N-methyl/N-ethyl adjacent to an activating group) is 1. The summed E-state index contributed by atoms with van der Waals surface area (Å²) in [4.78, 5) is 36.0. The summed E-state index contributed by atoms with van der Waals surface area (Å²) in [5, 5.41) is 0. The molecule has 0 bridgehead atoms. The maximum Gasteiger partial charge on any atom is 0.339 e. The van der Waals surface area contributed by atoms with Crippen LogP contribution in [0.2, 0.25) is 0 Å². The summed E-state index contributed by atoms with van der Waals surface area (Å²) in [6.45, 7) is 2.33. The first-order valence-corrected chi connectivity index (χ1v) is 11.9. The number of anilines is 2. The Labute approximate surface area is 191 Å². The van der Waals surface area contributed by atoms with Crippen molar-refractivity contribution in [3.63, 3.8) is 0 Å². The van der Waals surface area contributed by atoms with E-state index in [1.165, 1.54) is 23.6 Å². The Hall–Kier alpha value is -3.45. The Bertz CT molecular complexity index is 1300. The van der Waals surface area contributed by atoms with Crippen molar-refractivity contribution in [2.75, 3.05) is 43.5 Å². The van der Waals surface area contributed by atoms with Gasteiger partial charge in [0.2, 0.25) is 16.0 Å². The fourth-order valence-electron chi connectivity index (χ4n) is 3.25. The number of hydrogen-bond acceptors (Lipinski definition) is 8. The molecule has 3 aromatic rings. The summed E-state index contributed by atoms with van der Waals surface area (Å²) in [5.41, 5.74) is 6.27. The van der Waals surface area contributed by atoms with Crippen LogP contribution in [0.1, 0.15) is 18.9 Å². The number of amides is 1. The maximum atomic E-state index is 13.3. The topological polar surface area (TPSA) is 154 Å². The first-order chi connectivity index (χ1) is 15.7. The summed E-state index contributed by atoms with van der Waals surface area (Å²) in [6.07, 6.45) is 0.393. The number of hydrogen-bond donors (Lipinski definition) is 2. The number of methoxy groups -OCH3 is 1. The number of sulfonamides is 1. The molecule has 0 atom stereocenters. The van der Waals surface area contributed by atoms with E-state index in [2.05, 4.69) is 14.7 Å². The fourth-order valence-corrected chi connectivity index (χ4v) is 4.26. The Kier molecular flexibility index (Phi) is 7.33. The second-order valence-corrected chi connectivity index (χ2v) is 9.25. The third kappa shape index (κ3) is 5.31.